The molecule has 0 fully saturated rings. The Morgan fingerprint density at radius 2 is 1.83 bits per heavy atom. The van der Waals surface area contributed by atoms with Gasteiger partial charge in [0.15, 0.2) is 0 Å². The van der Waals surface area contributed by atoms with Gasteiger partial charge in [0, 0.05) is 48.9 Å². The van der Waals surface area contributed by atoms with Gasteiger partial charge in [0.2, 0.25) is 0 Å². The van der Waals surface area contributed by atoms with E-state index in [4.69, 9.17) is 4.98 Å². The normalized spacial score (nSPS) is 15.5. The maximum Gasteiger partial charge on any atom is 0.133 e. The predicted molar refractivity (Wildman–Crippen MR) is 94.5 cm³/mol. The molecule has 0 radical (unpaired) electrons. The summed E-state index contributed by atoms with van der Waals surface area (Å²) in [4.78, 5) is 11.9. The minimum absolute atomic E-state index is 0.0183. The third kappa shape index (κ3) is 3.45. The van der Waals surface area contributed by atoms with E-state index in [1.165, 1.54) is 27.9 Å². The molecule has 3 heteroatoms. The zero-order valence-corrected chi connectivity index (χ0v) is 15.0. The quantitative estimate of drug-likeness (QED) is 0.841. The molecule has 3 nitrogen and oxygen atoms in total. The zero-order chi connectivity index (χ0) is 16.6. The van der Waals surface area contributed by atoms with Crippen molar-refractivity contribution in [3.05, 3.63) is 58.2 Å². The molecule has 1 aromatic heterocycles. The van der Waals surface area contributed by atoms with Gasteiger partial charge in [-0.05, 0) is 30.5 Å². The lowest BCUT2D eigenvalue weighted by atomic mass is 9.95. The number of aryl methyl sites for hydroxylation is 2. The standard InChI is InChI=1S/C20H27N3/c1-14-7-6-8-15(2)17(14)13-23-10-9-18-16(12-23)11-21-19(22-18)20(3,4)5/h6-8,11H,9-10,12-13H2,1-5H3. The molecule has 1 aliphatic heterocycles. The summed E-state index contributed by atoms with van der Waals surface area (Å²) in [7, 11) is 0. The van der Waals surface area contributed by atoms with E-state index in [9.17, 15) is 0 Å². The molecule has 2 heterocycles. The number of hydrogen-bond donors (Lipinski definition) is 0. The lowest BCUT2D eigenvalue weighted by Crippen LogP contribution is -2.32. The van der Waals surface area contributed by atoms with Crippen molar-refractivity contribution in [2.75, 3.05) is 6.54 Å². The lowest BCUT2D eigenvalue weighted by Gasteiger charge is -2.30. The van der Waals surface area contributed by atoms with Crippen molar-refractivity contribution in [3.63, 3.8) is 0 Å². The molecule has 122 valence electrons. The number of benzene rings is 1. The first-order valence-electron chi connectivity index (χ1n) is 8.47. The monoisotopic (exact) mass is 309 g/mol. The second kappa shape index (κ2) is 6.04. The van der Waals surface area contributed by atoms with E-state index in [0.717, 1.165) is 31.9 Å². The minimum atomic E-state index is 0.0183. The molecule has 0 saturated heterocycles. The molecule has 0 atom stereocenters. The summed E-state index contributed by atoms with van der Waals surface area (Å²) >= 11 is 0. The summed E-state index contributed by atoms with van der Waals surface area (Å²) in [5, 5.41) is 0. The van der Waals surface area contributed by atoms with E-state index < -0.39 is 0 Å². The van der Waals surface area contributed by atoms with Crippen molar-refractivity contribution < 1.29 is 0 Å². The Morgan fingerprint density at radius 1 is 1.13 bits per heavy atom. The van der Waals surface area contributed by atoms with Crippen LogP contribution >= 0.6 is 0 Å². The first kappa shape index (κ1) is 16.1. The van der Waals surface area contributed by atoms with E-state index in [0.29, 0.717) is 0 Å². The largest absolute Gasteiger partial charge is 0.294 e. The van der Waals surface area contributed by atoms with Gasteiger partial charge >= 0.3 is 0 Å². The van der Waals surface area contributed by atoms with Crippen molar-refractivity contribution in [1.82, 2.24) is 14.9 Å². The first-order valence-corrected chi connectivity index (χ1v) is 8.47. The molecule has 3 rings (SSSR count). The van der Waals surface area contributed by atoms with Crippen LogP contribution in [0.4, 0.5) is 0 Å². The topological polar surface area (TPSA) is 29.0 Å². The van der Waals surface area contributed by atoms with Crippen LogP contribution in [0.15, 0.2) is 24.4 Å². The summed E-state index contributed by atoms with van der Waals surface area (Å²) in [6.45, 7) is 14.0. The minimum Gasteiger partial charge on any atom is -0.294 e. The van der Waals surface area contributed by atoms with Crippen LogP contribution in [-0.4, -0.2) is 21.4 Å². The van der Waals surface area contributed by atoms with Crippen molar-refractivity contribution in [3.8, 4) is 0 Å². The van der Waals surface area contributed by atoms with Gasteiger partial charge in [-0.1, -0.05) is 39.0 Å². The number of nitrogens with zero attached hydrogens (tertiary/aromatic N) is 3. The zero-order valence-electron chi connectivity index (χ0n) is 15.0. The third-order valence-electron chi connectivity index (χ3n) is 4.71. The van der Waals surface area contributed by atoms with Crippen LogP contribution in [0.2, 0.25) is 0 Å². The SMILES string of the molecule is Cc1cccc(C)c1CN1CCc2nc(C(C)(C)C)ncc2C1. The van der Waals surface area contributed by atoms with E-state index in [2.05, 4.69) is 62.7 Å². The van der Waals surface area contributed by atoms with Gasteiger partial charge < -0.3 is 0 Å². The Balaban J connectivity index is 1.79. The fraction of sp³-hybridized carbons (Fsp3) is 0.500. The molecule has 0 unspecified atom stereocenters. The molecule has 0 aliphatic carbocycles. The summed E-state index contributed by atoms with van der Waals surface area (Å²) in [6.07, 6.45) is 3.06. The van der Waals surface area contributed by atoms with Crippen LogP contribution < -0.4 is 0 Å². The van der Waals surface area contributed by atoms with Crippen LogP contribution in [0.25, 0.3) is 0 Å². The lowest BCUT2D eigenvalue weighted by molar-refractivity contribution is 0.241. The number of fused-ring (bicyclic) bond motifs is 1. The summed E-state index contributed by atoms with van der Waals surface area (Å²) in [6, 6.07) is 6.55. The molecule has 1 aliphatic rings. The van der Waals surface area contributed by atoms with Crippen LogP contribution in [0.3, 0.4) is 0 Å². The number of hydrogen-bond acceptors (Lipinski definition) is 3. The second-order valence-electron chi connectivity index (χ2n) is 7.75. The molecule has 0 amide bonds. The van der Waals surface area contributed by atoms with Crippen LogP contribution in [-0.2, 0) is 24.9 Å². The summed E-state index contributed by atoms with van der Waals surface area (Å²) in [5.41, 5.74) is 6.77. The number of aromatic nitrogens is 2. The van der Waals surface area contributed by atoms with Gasteiger partial charge in [-0.15, -0.1) is 0 Å². The molecular formula is C20H27N3. The van der Waals surface area contributed by atoms with E-state index in [1.54, 1.807) is 0 Å². The predicted octanol–water partition coefficient (Wildman–Crippen LogP) is 3.95. The average Bonchev–Trinajstić information content (AvgIpc) is 2.49. The highest BCUT2D eigenvalue weighted by molar-refractivity contribution is 5.33. The molecule has 1 aromatic carbocycles. The maximum absolute atomic E-state index is 4.82. The molecule has 0 spiro atoms. The highest BCUT2D eigenvalue weighted by atomic mass is 15.1. The third-order valence-corrected chi connectivity index (χ3v) is 4.71. The Morgan fingerprint density at radius 3 is 2.48 bits per heavy atom. The number of rotatable bonds is 2. The summed E-state index contributed by atoms with van der Waals surface area (Å²) < 4.78 is 0. The maximum atomic E-state index is 4.82. The molecule has 0 N–H and O–H groups in total. The Kier molecular flexibility index (Phi) is 4.24. The van der Waals surface area contributed by atoms with Crippen molar-refractivity contribution in [2.24, 2.45) is 0 Å². The molecule has 0 bridgehead atoms. The van der Waals surface area contributed by atoms with E-state index in [1.807, 2.05) is 6.20 Å². The first-order chi connectivity index (χ1) is 10.8. The van der Waals surface area contributed by atoms with E-state index >= 15 is 0 Å². The van der Waals surface area contributed by atoms with Crippen molar-refractivity contribution in [1.29, 1.82) is 0 Å². The average molecular weight is 309 g/mol. The molecule has 0 saturated carbocycles. The van der Waals surface area contributed by atoms with Crippen LogP contribution in [0, 0.1) is 13.8 Å². The second-order valence-corrected chi connectivity index (χ2v) is 7.75. The van der Waals surface area contributed by atoms with Gasteiger partial charge in [0.1, 0.15) is 5.82 Å². The molecule has 23 heavy (non-hydrogen) atoms. The van der Waals surface area contributed by atoms with Gasteiger partial charge in [0.05, 0.1) is 0 Å². The smallest absolute Gasteiger partial charge is 0.133 e. The van der Waals surface area contributed by atoms with Crippen molar-refractivity contribution >= 4 is 0 Å². The highest BCUT2D eigenvalue weighted by Crippen LogP contribution is 2.24. The van der Waals surface area contributed by atoms with E-state index in [-0.39, 0.29) is 5.41 Å². The summed E-state index contributed by atoms with van der Waals surface area (Å²) in [5.74, 6) is 0.958. The van der Waals surface area contributed by atoms with Gasteiger partial charge in [-0.25, -0.2) is 9.97 Å². The van der Waals surface area contributed by atoms with Gasteiger partial charge in [-0.2, -0.15) is 0 Å². The van der Waals surface area contributed by atoms with Gasteiger partial charge in [-0.3, -0.25) is 4.90 Å². The van der Waals surface area contributed by atoms with Crippen molar-refractivity contribution in [2.45, 2.75) is 59.5 Å². The Labute approximate surface area is 139 Å². The fourth-order valence-corrected chi connectivity index (χ4v) is 3.19. The Hall–Kier alpha value is -1.74. The van der Waals surface area contributed by atoms with Crippen LogP contribution in [0.1, 0.15) is 54.5 Å². The highest BCUT2D eigenvalue weighted by Gasteiger charge is 2.23. The molecular weight excluding hydrogens is 282 g/mol. The Bertz CT molecular complexity index is 693. The molecule has 2 aromatic rings. The van der Waals surface area contributed by atoms with Gasteiger partial charge in [0.25, 0.3) is 0 Å². The fourth-order valence-electron chi connectivity index (χ4n) is 3.19. The van der Waals surface area contributed by atoms with Crippen LogP contribution in [0.5, 0.6) is 0 Å².